The lowest BCUT2D eigenvalue weighted by atomic mass is 10.1. The van der Waals surface area contributed by atoms with Crippen LogP contribution in [0.5, 0.6) is 0 Å². The fraction of sp³-hybridized carbons (Fsp3) is 0.0909. The van der Waals surface area contributed by atoms with Crippen LogP contribution in [0.2, 0.25) is 0 Å². The molecule has 0 unspecified atom stereocenters. The van der Waals surface area contributed by atoms with Crippen LogP contribution in [0.15, 0.2) is 95.3 Å². The molecule has 0 heterocycles. The molecule has 4 rings (SSSR count). The van der Waals surface area contributed by atoms with Crippen molar-refractivity contribution in [2.45, 2.75) is 6.92 Å². The zero-order valence-corrected chi connectivity index (χ0v) is 14.1. The summed E-state index contributed by atoms with van der Waals surface area (Å²) >= 11 is 0. The molecule has 4 aromatic carbocycles. The first kappa shape index (κ1) is 15.3. The summed E-state index contributed by atoms with van der Waals surface area (Å²) in [5.74, 6) is 0. The van der Waals surface area contributed by atoms with Crippen LogP contribution in [0.3, 0.4) is 0 Å². The van der Waals surface area contributed by atoms with Gasteiger partial charge in [0.15, 0.2) is 0 Å². The van der Waals surface area contributed by atoms with Gasteiger partial charge < -0.3 is 0 Å². The van der Waals surface area contributed by atoms with Gasteiger partial charge in [-0.25, -0.2) is 5.01 Å². The largest absolute Gasteiger partial charge is 0.247 e. The summed E-state index contributed by atoms with van der Waals surface area (Å²) < 4.78 is 0. The van der Waals surface area contributed by atoms with Crippen molar-refractivity contribution in [3.8, 4) is 0 Å². The highest BCUT2D eigenvalue weighted by molar-refractivity contribution is 5.94. The molecule has 0 aliphatic carbocycles. The molecule has 0 amide bonds. The van der Waals surface area contributed by atoms with Crippen molar-refractivity contribution in [1.82, 2.24) is 0 Å². The van der Waals surface area contributed by atoms with E-state index in [0.717, 1.165) is 23.3 Å². The van der Waals surface area contributed by atoms with Crippen molar-refractivity contribution in [1.29, 1.82) is 0 Å². The predicted molar refractivity (Wildman–Crippen MR) is 105 cm³/mol. The van der Waals surface area contributed by atoms with Crippen LogP contribution >= 0.6 is 0 Å². The van der Waals surface area contributed by atoms with Gasteiger partial charge in [-0.1, -0.05) is 78.0 Å². The fourth-order valence-corrected chi connectivity index (χ4v) is 3.11. The van der Waals surface area contributed by atoms with Crippen LogP contribution < -0.4 is 5.01 Å². The quantitative estimate of drug-likeness (QED) is 0.310. The zero-order valence-electron chi connectivity index (χ0n) is 14.1. The van der Waals surface area contributed by atoms with Crippen molar-refractivity contribution in [3.05, 3.63) is 84.9 Å². The van der Waals surface area contributed by atoms with Crippen molar-refractivity contribution in [3.63, 3.8) is 0 Å². The molecule has 0 saturated carbocycles. The molecule has 0 aliphatic heterocycles. The summed E-state index contributed by atoms with van der Waals surface area (Å²) in [4.78, 5) is 0. The first-order valence-corrected chi connectivity index (χ1v) is 8.51. The van der Waals surface area contributed by atoms with E-state index in [1.807, 2.05) is 29.3 Å². The third kappa shape index (κ3) is 2.96. The molecule has 0 bridgehead atoms. The Morgan fingerprint density at radius 3 is 2.04 bits per heavy atom. The number of rotatable bonds is 4. The second-order valence-electron chi connectivity index (χ2n) is 5.90. The Hall–Kier alpha value is -3.20. The Morgan fingerprint density at radius 1 is 0.680 bits per heavy atom. The zero-order chi connectivity index (χ0) is 17.1. The van der Waals surface area contributed by atoms with Gasteiger partial charge in [-0.15, -0.1) is 5.11 Å². The third-order valence-electron chi connectivity index (χ3n) is 4.37. The molecular formula is C22H19N3. The second-order valence-corrected chi connectivity index (χ2v) is 5.90. The van der Waals surface area contributed by atoms with Crippen molar-refractivity contribution >= 4 is 32.9 Å². The van der Waals surface area contributed by atoms with Gasteiger partial charge in [0.25, 0.3) is 0 Å². The Bertz CT molecular complexity index is 1040. The molecule has 0 fully saturated rings. The number of anilines is 1. The summed E-state index contributed by atoms with van der Waals surface area (Å²) in [6.45, 7) is 2.84. The fourth-order valence-electron chi connectivity index (χ4n) is 3.11. The van der Waals surface area contributed by atoms with Crippen LogP contribution in [-0.4, -0.2) is 6.54 Å². The van der Waals surface area contributed by atoms with E-state index in [4.69, 9.17) is 0 Å². The molecule has 4 aromatic rings. The molecule has 0 radical (unpaired) electrons. The Kier molecular flexibility index (Phi) is 4.13. The molecule has 0 N–H and O–H groups in total. The van der Waals surface area contributed by atoms with Gasteiger partial charge in [-0.2, -0.15) is 0 Å². The van der Waals surface area contributed by atoms with Crippen LogP contribution in [0.1, 0.15) is 6.92 Å². The lowest BCUT2D eigenvalue weighted by Crippen LogP contribution is -2.14. The highest BCUT2D eigenvalue weighted by Crippen LogP contribution is 2.29. The van der Waals surface area contributed by atoms with Gasteiger partial charge in [-0.3, -0.25) is 0 Å². The predicted octanol–water partition coefficient (Wildman–Crippen LogP) is 6.52. The van der Waals surface area contributed by atoms with Crippen molar-refractivity contribution < 1.29 is 0 Å². The van der Waals surface area contributed by atoms with Gasteiger partial charge in [0.1, 0.15) is 0 Å². The lowest BCUT2D eigenvalue weighted by molar-refractivity contribution is 0.840. The first-order chi connectivity index (χ1) is 12.4. The van der Waals surface area contributed by atoms with Crippen LogP contribution in [0, 0.1) is 0 Å². The molecule has 3 nitrogen and oxygen atoms in total. The number of hydrogen-bond donors (Lipinski definition) is 0. The minimum Gasteiger partial charge on any atom is -0.247 e. The molecule has 0 aromatic heterocycles. The Balaban J connectivity index is 1.75. The van der Waals surface area contributed by atoms with Gasteiger partial charge in [-0.05, 0) is 29.8 Å². The van der Waals surface area contributed by atoms with E-state index in [0.29, 0.717) is 0 Å². The van der Waals surface area contributed by atoms with Gasteiger partial charge in [0.05, 0.1) is 11.4 Å². The number of hydrogen-bond acceptors (Lipinski definition) is 2. The van der Waals surface area contributed by atoms with Crippen molar-refractivity contribution in [2.75, 3.05) is 11.6 Å². The average Bonchev–Trinajstić information content (AvgIpc) is 2.68. The van der Waals surface area contributed by atoms with Gasteiger partial charge >= 0.3 is 0 Å². The third-order valence-corrected chi connectivity index (χ3v) is 4.37. The monoisotopic (exact) mass is 325 g/mol. The topological polar surface area (TPSA) is 28.0 Å². The smallest absolute Gasteiger partial charge is 0.0952 e. The van der Waals surface area contributed by atoms with Crippen LogP contribution in [-0.2, 0) is 0 Å². The van der Waals surface area contributed by atoms with E-state index < -0.39 is 0 Å². The maximum absolute atomic E-state index is 4.54. The highest BCUT2D eigenvalue weighted by atomic mass is 15.5. The summed E-state index contributed by atoms with van der Waals surface area (Å²) in [7, 11) is 0. The summed E-state index contributed by atoms with van der Waals surface area (Å²) in [5.41, 5.74) is 1.96. The van der Waals surface area contributed by atoms with E-state index in [2.05, 4.69) is 77.9 Å². The minimum atomic E-state index is 0.752. The van der Waals surface area contributed by atoms with E-state index in [-0.39, 0.29) is 0 Å². The highest BCUT2D eigenvalue weighted by Gasteiger charge is 2.07. The second kappa shape index (κ2) is 6.73. The number of fused-ring (bicyclic) bond motifs is 2. The minimum absolute atomic E-state index is 0.752. The van der Waals surface area contributed by atoms with E-state index >= 15 is 0 Å². The summed E-state index contributed by atoms with van der Waals surface area (Å²) in [6.07, 6.45) is 0. The van der Waals surface area contributed by atoms with Crippen molar-refractivity contribution in [2.24, 2.45) is 10.3 Å². The average molecular weight is 325 g/mol. The molecule has 0 aliphatic rings. The van der Waals surface area contributed by atoms with Crippen LogP contribution in [0.4, 0.5) is 11.4 Å². The molecular weight excluding hydrogens is 306 g/mol. The number of nitrogens with zero attached hydrogens (tertiary/aromatic N) is 3. The summed E-state index contributed by atoms with van der Waals surface area (Å²) in [5, 5.41) is 15.7. The normalized spacial score (nSPS) is 11.4. The van der Waals surface area contributed by atoms with E-state index in [9.17, 15) is 0 Å². The molecule has 0 saturated heterocycles. The molecule has 0 atom stereocenters. The van der Waals surface area contributed by atoms with Gasteiger partial charge in [0.2, 0.25) is 0 Å². The SMILES string of the molecule is CCN(N=Nc1cccc2ccccc12)c1cccc2ccccc12. The van der Waals surface area contributed by atoms with E-state index in [1.165, 1.54) is 16.2 Å². The van der Waals surface area contributed by atoms with Crippen LogP contribution in [0.25, 0.3) is 21.5 Å². The maximum atomic E-state index is 4.54. The standard InChI is InChI=1S/C22H19N3/c1-2-25(22-16-8-12-18-10-4-6-14-20(18)22)24-23-21-15-7-11-17-9-3-5-13-19(17)21/h3-16H,2H2,1H3. The first-order valence-electron chi connectivity index (χ1n) is 8.51. The van der Waals surface area contributed by atoms with E-state index in [1.54, 1.807) is 0 Å². The molecule has 25 heavy (non-hydrogen) atoms. The molecule has 3 heteroatoms. The molecule has 0 spiro atoms. The Labute approximate surface area is 147 Å². The number of benzene rings is 4. The lowest BCUT2D eigenvalue weighted by Gasteiger charge is -2.17. The maximum Gasteiger partial charge on any atom is 0.0952 e. The Morgan fingerprint density at radius 2 is 1.28 bits per heavy atom. The summed E-state index contributed by atoms with van der Waals surface area (Å²) in [6, 6.07) is 29.0. The van der Waals surface area contributed by atoms with Gasteiger partial charge in [0, 0.05) is 17.3 Å². The molecule has 122 valence electrons.